The number of hydrogen-bond acceptors (Lipinski definition) is 5. The third kappa shape index (κ3) is 3.44. The molecule has 0 aliphatic rings. The number of aromatic hydroxyl groups is 1. The molecule has 0 spiro atoms. The molecular formula is C10H13ClO5. The maximum Gasteiger partial charge on any atom is 0.188 e. The average Bonchev–Trinajstić information content (AvgIpc) is 2.28. The number of halogens is 1. The largest absolute Gasteiger partial charge is 0.508 e. The Hall–Kier alpha value is -1.17. The highest BCUT2D eigenvalue weighted by Gasteiger charge is 2.11. The van der Waals surface area contributed by atoms with E-state index in [1.807, 2.05) is 0 Å². The molecule has 0 saturated carbocycles. The smallest absolute Gasteiger partial charge is 0.188 e. The van der Waals surface area contributed by atoms with Crippen LogP contribution in [0, 0.1) is 0 Å². The molecule has 0 aliphatic heterocycles. The number of ether oxygens (including phenoxy) is 4. The van der Waals surface area contributed by atoms with Crippen LogP contribution in [0.15, 0.2) is 12.1 Å². The lowest BCUT2D eigenvalue weighted by molar-refractivity contribution is 0.0459. The van der Waals surface area contributed by atoms with Gasteiger partial charge in [0.2, 0.25) is 0 Å². The van der Waals surface area contributed by atoms with Crippen LogP contribution in [0.25, 0.3) is 0 Å². The normalized spacial score (nSPS) is 10.2. The van der Waals surface area contributed by atoms with Gasteiger partial charge in [-0.25, -0.2) is 0 Å². The summed E-state index contributed by atoms with van der Waals surface area (Å²) in [7, 11) is 2.97. The summed E-state index contributed by atoms with van der Waals surface area (Å²) in [6.07, 6.45) is 0. The molecule has 0 bridgehead atoms. The van der Waals surface area contributed by atoms with Gasteiger partial charge in [-0.05, 0) is 0 Å². The molecular weight excluding hydrogens is 236 g/mol. The fraction of sp³-hybridized carbons (Fsp3) is 0.400. The van der Waals surface area contributed by atoms with E-state index < -0.39 is 0 Å². The van der Waals surface area contributed by atoms with Gasteiger partial charge in [-0.2, -0.15) is 0 Å². The van der Waals surface area contributed by atoms with Crippen LogP contribution in [0.4, 0.5) is 0 Å². The van der Waals surface area contributed by atoms with Crippen molar-refractivity contribution in [3.8, 4) is 17.2 Å². The molecule has 0 atom stereocenters. The molecule has 0 aromatic heterocycles. The molecule has 0 amide bonds. The predicted octanol–water partition coefficient (Wildman–Crippen LogP) is 2.01. The fourth-order valence-electron chi connectivity index (χ4n) is 1.01. The maximum atomic E-state index is 9.42. The van der Waals surface area contributed by atoms with Gasteiger partial charge >= 0.3 is 0 Å². The van der Waals surface area contributed by atoms with Crippen LogP contribution >= 0.6 is 11.6 Å². The monoisotopic (exact) mass is 248 g/mol. The molecule has 0 radical (unpaired) electrons. The molecule has 1 rings (SSSR count). The van der Waals surface area contributed by atoms with E-state index in [0.29, 0.717) is 0 Å². The number of hydrogen-bond donors (Lipinski definition) is 1. The summed E-state index contributed by atoms with van der Waals surface area (Å²) in [6.45, 7) is 0.0692. The van der Waals surface area contributed by atoms with Crippen molar-refractivity contribution >= 4 is 11.6 Å². The highest BCUT2D eigenvalue weighted by atomic mass is 35.5. The van der Waals surface area contributed by atoms with Crippen molar-refractivity contribution in [3.63, 3.8) is 0 Å². The zero-order valence-corrected chi connectivity index (χ0v) is 9.78. The van der Waals surface area contributed by atoms with E-state index in [4.69, 9.17) is 30.5 Å². The standard InChI is InChI=1S/C10H13ClO5/c1-13-5-15-8-3-7(12)4-9(10(8)11)16-6-14-2/h3-4,12H,5-6H2,1-2H3. The molecule has 1 aromatic rings. The number of phenolic OH excluding ortho intramolecular Hbond substituents is 1. The molecule has 0 fully saturated rings. The molecule has 16 heavy (non-hydrogen) atoms. The van der Waals surface area contributed by atoms with Crippen LogP contribution in [0.1, 0.15) is 0 Å². The highest BCUT2D eigenvalue weighted by Crippen LogP contribution is 2.37. The van der Waals surface area contributed by atoms with Crippen molar-refractivity contribution in [3.05, 3.63) is 17.2 Å². The molecule has 1 N–H and O–H groups in total. The summed E-state index contributed by atoms with van der Waals surface area (Å²) < 4.78 is 19.8. The fourth-order valence-corrected chi connectivity index (χ4v) is 1.23. The first-order chi connectivity index (χ1) is 7.69. The zero-order valence-electron chi connectivity index (χ0n) is 9.03. The molecule has 0 saturated heterocycles. The third-order valence-electron chi connectivity index (χ3n) is 1.66. The Morgan fingerprint density at radius 1 is 1.06 bits per heavy atom. The summed E-state index contributed by atoms with van der Waals surface area (Å²) in [5.74, 6) is 0.561. The van der Waals surface area contributed by atoms with Gasteiger partial charge in [0.15, 0.2) is 13.6 Å². The highest BCUT2D eigenvalue weighted by molar-refractivity contribution is 6.33. The van der Waals surface area contributed by atoms with E-state index in [2.05, 4.69) is 0 Å². The second kappa shape index (κ2) is 6.42. The van der Waals surface area contributed by atoms with Gasteiger partial charge in [0.25, 0.3) is 0 Å². The van der Waals surface area contributed by atoms with E-state index in [1.54, 1.807) is 0 Å². The lowest BCUT2D eigenvalue weighted by Gasteiger charge is -2.12. The second-order valence-electron chi connectivity index (χ2n) is 2.86. The SMILES string of the molecule is COCOc1cc(O)cc(OCOC)c1Cl. The van der Waals surface area contributed by atoms with Crippen LogP contribution in [0.5, 0.6) is 17.2 Å². The van der Waals surface area contributed by atoms with Crippen LogP contribution < -0.4 is 9.47 Å². The Morgan fingerprint density at radius 3 is 1.88 bits per heavy atom. The Kier molecular flexibility index (Phi) is 5.18. The van der Waals surface area contributed by atoms with Crippen LogP contribution in [-0.2, 0) is 9.47 Å². The first-order valence-corrected chi connectivity index (χ1v) is 4.82. The van der Waals surface area contributed by atoms with Crippen molar-refractivity contribution in [2.45, 2.75) is 0 Å². The topological polar surface area (TPSA) is 57.2 Å². The minimum atomic E-state index is -0.0124. The zero-order chi connectivity index (χ0) is 12.0. The van der Waals surface area contributed by atoms with Gasteiger partial charge in [-0.15, -0.1) is 0 Å². The Labute approximate surface area is 98.4 Å². The second-order valence-corrected chi connectivity index (χ2v) is 3.24. The maximum absolute atomic E-state index is 9.42. The molecule has 6 heteroatoms. The first-order valence-electron chi connectivity index (χ1n) is 4.45. The van der Waals surface area contributed by atoms with Crippen molar-refractivity contribution in [2.24, 2.45) is 0 Å². The van der Waals surface area contributed by atoms with E-state index in [9.17, 15) is 5.11 Å². The molecule has 90 valence electrons. The van der Waals surface area contributed by atoms with Crippen molar-refractivity contribution in [2.75, 3.05) is 27.8 Å². The molecule has 0 aliphatic carbocycles. The summed E-state index contributed by atoms with van der Waals surface area (Å²) in [5, 5.41) is 9.67. The Morgan fingerprint density at radius 2 is 1.50 bits per heavy atom. The minimum absolute atomic E-state index is 0.0124. The van der Waals surface area contributed by atoms with Crippen molar-refractivity contribution in [1.82, 2.24) is 0 Å². The number of rotatable bonds is 6. The average molecular weight is 249 g/mol. The summed E-state index contributed by atoms with van der Waals surface area (Å²) in [5.41, 5.74) is 0. The third-order valence-corrected chi connectivity index (χ3v) is 2.03. The van der Waals surface area contributed by atoms with E-state index in [-0.39, 0.29) is 35.9 Å². The van der Waals surface area contributed by atoms with Gasteiger partial charge in [0.1, 0.15) is 22.3 Å². The van der Waals surface area contributed by atoms with Crippen LogP contribution in [-0.4, -0.2) is 32.9 Å². The van der Waals surface area contributed by atoms with Crippen LogP contribution in [0.2, 0.25) is 5.02 Å². The van der Waals surface area contributed by atoms with Gasteiger partial charge in [0, 0.05) is 26.4 Å². The molecule has 5 nitrogen and oxygen atoms in total. The van der Waals surface area contributed by atoms with Gasteiger partial charge in [-0.1, -0.05) is 11.6 Å². The summed E-state index contributed by atoms with van der Waals surface area (Å²) in [6, 6.07) is 2.75. The Balaban J connectivity index is 2.86. The molecule has 0 heterocycles. The number of benzene rings is 1. The van der Waals surface area contributed by atoms with Gasteiger partial charge < -0.3 is 24.1 Å². The van der Waals surface area contributed by atoms with Gasteiger partial charge in [-0.3, -0.25) is 0 Å². The lowest BCUT2D eigenvalue weighted by Crippen LogP contribution is -2.02. The number of methoxy groups -OCH3 is 2. The lowest BCUT2D eigenvalue weighted by atomic mass is 10.3. The summed E-state index contributed by atoms with van der Waals surface area (Å²) in [4.78, 5) is 0. The number of phenols is 1. The minimum Gasteiger partial charge on any atom is -0.508 e. The summed E-state index contributed by atoms with van der Waals surface area (Å²) >= 11 is 5.98. The molecule has 0 unspecified atom stereocenters. The van der Waals surface area contributed by atoms with Crippen LogP contribution in [0.3, 0.4) is 0 Å². The molecule has 1 aromatic carbocycles. The van der Waals surface area contributed by atoms with Gasteiger partial charge in [0.05, 0.1) is 0 Å². The quantitative estimate of drug-likeness (QED) is 0.781. The van der Waals surface area contributed by atoms with E-state index in [1.165, 1.54) is 26.4 Å². The van der Waals surface area contributed by atoms with Crippen molar-refractivity contribution in [1.29, 1.82) is 0 Å². The van der Waals surface area contributed by atoms with E-state index in [0.717, 1.165) is 0 Å². The van der Waals surface area contributed by atoms with Crippen molar-refractivity contribution < 1.29 is 24.1 Å². The Bertz CT molecular complexity index is 313. The predicted molar refractivity (Wildman–Crippen MR) is 58.1 cm³/mol. The first kappa shape index (κ1) is 12.9. The van der Waals surface area contributed by atoms with E-state index >= 15 is 0 Å².